The third kappa shape index (κ3) is 11.5. The van der Waals surface area contributed by atoms with Crippen LogP contribution in [0.3, 0.4) is 0 Å². The molecule has 61 heavy (non-hydrogen) atoms. The lowest BCUT2D eigenvalue weighted by Crippen LogP contribution is -2.66. The summed E-state index contributed by atoms with van der Waals surface area (Å²) in [5.41, 5.74) is 7.84. The normalized spacial score (nSPS) is 15.2. The number of nitrogens with zero attached hydrogens (tertiary/aromatic N) is 3. The zero-order valence-corrected chi connectivity index (χ0v) is 39.2. The molecule has 7 nitrogen and oxygen atoms in total. The lowest BCUT2D eigenvalue weighted by molar-refractivity contribution is 0.241. The fraction of sp³-hybridized carbons (Fsp3) is 0.365. The topological polar surface area (TPSA) is 75.7 Å². The number of aromatic nitrogens is 1. The Morgan fingerprint density at radius 1 is 0.967 bits per heavy atom. The molecule has 0 radical (unpaired) electrons. The van der Waals surface area contributed by atoms with Crippen LogP contribution in [-0.2, 0) is 28.9 Å². The summed E-state index contributed by atoms with van der Waals surface area (Å²) in [6.45, 7) is 19.1. The Bertz CT molecular complexity index is 2200. The maximum atomic E-state index is 14.4. The zero-order valence-electron chi connectivity index (χ0n) is 37.3. The Morgan fingerprint density at radius 2 is 1.62 bits per heavy atom. The second kappa shape index (κ2) is 21.5. The number of unbranched alkanes of at least 4 members (excludes halogenated alkanes) is 1. The highest BCUT2D eigenvalue weighted by Gasteiger charge is 2.50. The van der Waals surface area contributed by atoms with Crippen molar-refractivity contribution < 1.29 is 8.98 Å². The van der Waals surface area contributed by atoms with Crippen LogP contribution in [-0.4, -0.2) is 72.6 Å². The van der Waals surface area contributed by atoms with Gasteiger partial charge in [-0.25, -0.2) is 4.98 Å². The number of rotatable bonds is 19. The van der Waals surface area contributed by atoms with Crippen molar-refractivity contribution in [2.75, 3.05) is 39.5 Å². The van der Waals surface area contributed by atoms with E-state index in [-0.39, 0.29) is 17.1 Å². The molecule has 0 saturated carbocycles. The molecule has 320 valence electrons. The van der Waals surface area contributed by atoms with Crippen LogP contribution in [0.15, 0.2) is 128 Å². The van der Waals surface area contributed by atoms with Crippen molar-refractivity contribution in [1.82, 2.24) is 24.8 Å². The van der Waals surface area contributed by atoms with Gasteiger partial charge in [0.05, 0.1) is 36.2 Å². The lowest BCUT2D eigenvalue weighted by atomic mass is 9.95. The third-order valence-electron chi connectivity index (χ3n) is 11.3. The van der Waals surface area contributed by atoms with Crippen molar-refractivity contribution in [1.29, 1.82) is 0 Å². The molecule has 6 rings (SSSR count). The molecular weight excluding hydrogens is 787 g/mol. The van der Waals surface area contributed by atoms with Crippen LogP contribution >= 0.6 is 0 Å². The van der Waals surface area contributed by atoms with E-state index in [1.807, 2.05) is 20.2 Å². The van der Waals surface area contributed by atoms with Crippen LogP contribution in [0.5, 0.6) is 0 Å². The maximum absolute atomic E-state index is 14.4. The molecule has 2 N–H and O–H groups in total. The molecule has 0 unspecified atom stereocenters. The van der Waals surface area contributed by atoms with Gasteiger partial charge in [-0.1, -0.05) is 156 Å². The Hall–Kier alpha value is -4.50. The summed E-state index contributed by atoms with van der Waals surface area (Å²) < 4.78 is 24.1. The van der Waals surface area contributed by atoms with Crippen molar-refractivity contribution in [3.63, 3.8) is 0 Å². The van der Waals surface area contributed by atoms with E-state index in [2.05, 4.69) is 188 Å². The molecule has 0 aliphatic carbocycles. The second-order valence-electron chi connectivity index (χ2n) is 17.5. The predicted octanol–water partition coefficient (Wildman–Crippen LogP) is 8.69. The van der Waals surface area contributed by atoms with Gasteiger partial charge in [0.25, 0.3) is 8.32 Å². The fourth-order valence-corrected chi connectivity index (χ4v) is 14.5. The van der Waals surface area contributed by atoms with Gasteiger partial charge >= 0.3 is 0 Å². The van der Waals surface area contributed by atoms with Crippen LogP contribution in [0.4, 0.5) is 0 Å². The van der Waals surface area contributed by atoms with E-state index < -0.39 is 19.7 Å². The molecule has 1 aromatic heterocycles. The van der Waals surface area contributed by atoms with E-state index in [1.54, 1.807) is 0 Å². The summed E-state index contributed by atoms with van der Waals surface area (Å²) in [7, 11) is 1.24. The predicted molar refractivity (Wildman–Crippen MR) is 259 cm³/mol. The van der Waals surface area contributed by atoms with Crippen LogP contribution in [0.1, 0.15) is 87.9 Å². The summed E-state index contributed by atoms with van der Waals surface area (Å²) in [6.07, 6.45) is 2.54. The van der Waals surface area contributed by atoms with Crippen molar-refractivity contribution in [2.45, 2.75) is 84.1 Å². The molecule has 0 spiro atoms. The van der Waals surface area contributed by atoms with Crippen LogP contribution in [0.25, 0.3) is 17.0 Å². The minimum absolute atomic E-state index is 0.106. The van der Waals surface area contributed by atoms with Gasteiger partial charge < -0.3 is 19.6 Å². The Labute approximate surface area is 370 Å². The number of fused-ring (bicyclic) bond motifs is 1. The Kier molecular flexibility index (Phi) is 16.2. The molecule has 1 aliphatic rings. The SMILES string of the molecule is C=C(N[C@H](C)CNCc1ccccc1)c1cc2c(c(-c3cccc(C#CCN(C)C)c3)n1)[C@@H](CCO[Si](c1ccccc1)(c1ccccc1)C(C)(C)C)N([S@+]([O-])CCCC)C2. The number of hydrogen-bond donors (Lipinski definition) is 2. The molecule has 1 aliphatic heterocycles. The fourth-order valence-electron chi connectivity index (χ4n) is 8.37. The first kappa shape index (κ1) is 46.0. The summed E-state index contributed by atoms with van der Waals surface area (Å²) >= 11 is -1.20. The van der Waals surface area contributed by atoms with Crippen molar-refractivity contribution in [2.24, 2.45) is 0 Å². The van der Waals surface area contributed by atoms with Crippen LogP contribution in [0, 0.1) is 11.8 Å². The average Bonchev–Trinajstić information content (AvgIpc) is 3.63. The molecule has 0 bridgehead atoms. The summed E-state index contributed by atoms with van der Waals surface area (Å²) in [5, 5.41) is 9.55. The second-order valence-corrected chi connectivity index (χ2v) is 23.3. The standard InChI is InChI=1S/C52H65N5O2SSi/c1-9-10-34-60(58)57-39-45-36-48(41(3)54-40(2)37-53-38-43-22-14-11-15-23-43)55-51(44-26-20-24-42(35-44)25-21-32-56(7)8)50(45)49(57)31-33-59-61(52(4,5)6,46-27-16-12-17-28-46)47-29-18-13-19-30-47/h11-20,22-24,26-30,35-36,40,49,53-54H,3,9-10,31-34,37-39H2,1-2,4-8H3/t40-,49-,60-/m1/s1. The van der Waals surface area contributed by atoms with Crippen LogP contribution in [0.2, 0.25) is 5.04 Å². The Balaban J connectivity index is 1.38. The van der Waals surface area contributed by atoms with E-state index in [0.29, 0.717) is 31.9 Å². The van der Waals surface area contributed by atoms with E-state index in [4.69, 9.17) is 9.41 Å². The average molecular weight is 852 g/mol. The van der Waals surface area contributed by atoms with E-state index >= 15 is 0 Å². The van der Waals surface area contributed by atoms with Crippen molar-refractivity contribution in [3.8, 4) is 23.1 Å². The molecule has 0 saturated heterocycles. The third-order valence-corrected chi connectivity index (χ3v) is 17.9. The van der Waals surface area contributed by atoms with E-state index in [1.165, 1.54) is 15.9 Å². The number of nitrogens with one attached hydrogen (secondary N) is 2. The number of hydrogen-bond acceptors (Lipinski definition) is 7. The number of benzene rings is 4. The van der Waals surface area contributed by atoms with Gasteiger partial charge in [-0.2, -0.15) is 0 Å². The molecule has 3 atom stereocenters. The van der Waals surface area contributed by atoms with Crippen molar-refractivity contribution >= 4 is 35.7 Å². The van der Waals surface area contributed by atoms with Gasteiger partial charge in [-0.3, -0.25) is 4.90 Å². The van der Waals surface area contributed by atoms with Gasteiger partial charge in [0.1, 0.15) is 5.75 Å². The van der Waals surface area contributed by atoms with Crippen LogP contribution < -0.4 is 21.0 Å². The monoisotopic (exact) mass is 851 g/mol. The molecule has 5 aromatic rings. The van der Waals surface area contributed by atoms with Crippen molar-refractivity contribution in [3.05, 3.63) is 156 Å². The molecule has 0 amide bonds. The number of pyridine rings is 1. The first-order chi connectivity index (χ1) is 29.4. The Morgan fingerprint density at radius 3 is 2.25 bits per heavy atom. The molecule has 2 heterocycles. The molecule has 4 aromatic carbocycles. The van der Waals surface area contributed by atoms with Gasteiger partial charge in [0.2, 0.25) is 0 Å². The summed E-state index contributed by atoms with van der Waals surface area (Å²) in [4.78, 5) is 7.51. The molecular formula is C52H65N5O2SSi. The minimum Gasteiger partial charge on any atom is -0.598 e. The first-order valence-corrected chi connectivity index (χ1v) is 25.0. The highest BCUT2D eigenvalue weighted by Crippen LogP contribution is 2.45. The largest absolute Gasteiger partial charge is 0.598 e. The smallest absolute Gasteiger partial charge is 0.261 e. The molecule has 0 fully saturated rings. The summed E-state index contributed by atoms with van der Waals surface area (Å²) in [5.74, 6) is 7.30. The zero-order chi connectivity index (χ0) is 43.4. The quantitative estimate of drug-likeness (QED) is 0.0490. The van der Waals surface area contributed by atoms with E-state index in [9.17, 15) is 4.55 Å². The first-order valence-electron chi connectivity index (χ1n) is 21.8. The lowest BCUT2D eigenvalue weighted by Gasteiger charge is -2.43. The van der Waals surface area contributed by atoms with E-state index in [0.717, 1.165) is 65.3 Å². The minimum atomic E-state index is -2.81. The highest BCUT2D eigenvalue weighted by atomic mass is 32.2. The highest BCUT2D eigenvalue weighted by molar-refractivity contribution is 7.89. The van der Waals surface area contributed by atoms with Gasteiger partial charge in [0.15, 0.2) is 0 Å². The van der Waals surface area contributed by atoms with Gasteiger partial charge in [0, 0.05) is 53.8 Å². The molecule has 9 heteroatoms. The maximum Gasteiger partial charge on any atom is 0.261 e. The van der Waals surface area contributed by atoms with Gasteiger partial charge in [-0.15, -0.1) is 4.31 Å². The van der Waals surface area contributed by atoms with Gasteiger partial charge in [-0.05, 0) is 78.6 Å². The summed E-state index contributed by atoms with van der Waals surface area (Å²) in [6, 6.07) is 42.6.